The van der Waals surface area contributed by atoms with E-state index in [9.17, 15) is 19.8 Å². The Morgan fingerprint density at radius 3 is 1.33 bits per heavy atom. The second-order valence-electron chi connectivity index (χ2n) is 10.5. The van der Waals surface area contributed by atoms with Crippen LogP contribution in [0.1, 0.15) is 80.1 Å². The van der Waals surface area contributed by atoms with Crippen LogP contribution in [0.25, 0.3) is 0 Å². The minimum absolute atomic E-state index is 0.219. The van der Waals surface area contributed by atoms with E-state index in [1.807, 2.05) is 0 Å². The van der Waals surface area contributed by atoms with E-state index in [0.717, 1.165) is 38.5 Å². The summed E-state index contributed by atoms with van der Waals surface area (Å²) in [5.74, 6) is 0.126. The highest BCUT2D eigenvalue weighted by atomic mass is 16.6. The molecule has 0 radical (unpaired) electrons. The number of carbonyl (C=O) groups is 2. The van der Waals surface area contributed by atoms with Crippen molar-refractivity contribution in [3.05, 3.63) is 0 Å². The molecule has 2 N–H and O–H groups in total. The number of esters is 2. The van der Waals surface area contributed by atoms with E-state index in [2.05, 4.69) is 41.5 Å². The molecular weight excluding hydrogens is 384 g/mol. The van der Waals surface area contributed by atoms with E-state index in [1.54, 1.807) is 0 Å². The molecule has 6 nitrogen and oxygen atoms in total. The fourth-order valence-corrected chi connectivity index (χ4v) is 5.20. The Hall–Kier alpha value is -1.14. The molecule has 2 aliphatic carbocycles. The molecule has 2 fully saturated rings. The first-order valence-electron chi connectivity index (χ1n) is 11.8. The van der Waals surface area contributed by atoms with Crippen molar-refractivity contribution in [1.29, 1.82) is 0 Å². The molecule has 0 aromatic rings. The van der Waals surface area contributed by atoms with Crippen LogP contribution in [0, 0.1) is 35.5 Å². The van der Waals surface area contributed by atoms with Crippen molar-refractivity contribution in [2.24, 2.45) is 35.5 Å². The van der Waals surface area contributed by atoms with Crippen LogP contribution in [0.3, 0.4) is 0 Å². The predicted octanol–water partition coefficient (Wildman–Crippen LogP) is 3.72. The maximum atomic E-state index is 12.5. The molecule has 0 spiro atoms. The lowest BCUT2D eigenvalue weighted by Crippen LogP contribution is -2.47. The quantitative estimate of drug-likeness (QED) is 0.603. The summed E-state index contributed by atoms with van der Waals surface area (Å²) in [5, 5.41) is 20.6. The van der Waals surface area contributed by atoms with Gasteiger partial charge in [0.2, 0.25) is 0 Å². The number of carbonyl (C=O) groups excluding carboxylic acids is 2. The Kier molecular flexibility index (Phi) is 9.16. The highest BCUT2D eigenvalue weighted by molar-refractivity contribution is 5.85. The van der Waals surface area contributed by atoms with Crippen molar-refractivity contribution in [2.75, 3.05) is 0 Å². The maximum absolute atomic E-state index is 12.5. The number of aliphatic hydroxyl groups is 2. The van der Waals surface area contributed by atoms with Crippen molar-refractivity contribution in [3.8, 4) is 0 Å². The second kappa shape index (κ2) is 10.9. The molecule has 0 aliphatic heterocycles. The van der Waals surface area contributed by atoms with Gasteiger partial charge in [-0.2, -0.15) is 0 Å². The third-order valence-corrected chi connectivity index (χ3v) is 7.24. The molecule has 0 bridgehead atoms. The van der Waals surface area contributed by atoms with E-state index in [-0.39, 0.29) is 24.0 Å². The summed E-state index contributed by atoms with van der Waals surface area (Å²) >= 11 is 0. The first kappa shape index (κ1) is 25.1. The first-order valence-corrected chi connectivity index (χ1v) is 11.8. The molecule has 6 heteroatoms. The third kappa shape index (κ3) is 6.43. The lowest BCUT2D eigenvalue weighted by atomic mass is 9.75. The molecule has 2 rings (SSSR count). The Bertz CT molecular complexity index is 524. The zero-order chi connectivity index (χ0) is 22.6. The first-order chi connectivity index (χ1) is 14.0. The molecule has 0 heterocycles. The van der Waals surface area contributed by atoms with E-state index in [0.29, 0.717) is 23.7 Å². The van der Waals surface area contributed by atoms with Crippen LogP contribution in [0.5, 0.6) is 0 Å². The Morgan fingerprint density at radius 1 is 0.700 bits per heavy atom. The van der Waals surface area contributed by atoms with Gasteiger partial charge >= 0.3 is 11.9 Å². The summed E-state index contributed by atoms with van der Waals surface area (Å²) in [4.78, 5) is 25.0. The normalized spacial score (nSPS) is 34.5. The number of ether oxygens (including phenoxy) is 2. The van der Waals surface area contributed by atoms with Gasteiger partial charge in [-0.1, -0.05) is 54.4 Å². The molecule has 0 unspecified atom stereocenters. The number of hydrogen-bond donors (Lipinski definition) is 2. The van der Waals surface area contributed by atoms with Crippen molar-refractivity contribution in [2.45, 2.75) is 104 Å². The topological polar surface area (TPSA) is 93.1 Å². The van der Waals surface area contributed by atoms with Crippen molar-refractivity contribution in [1.82, 2.24) is 0 Å². The molecule has 2 saturated carbocycles. The molecule has 0 aromatic heterocycles. The van der Waals surface area contributed by atoms with Gasteiger partial charge in [-0.25, -0.2) is 9.59 Å². The molecule has 0 amide bonds. The Labute approximate surface area is 181 Å². The van der Waals surface area contributed by atoms with Gasteiger partial charge in [0.15, 0.2) is 12.2 Å². The van der Waals surface area contributed by atoms with Crippen molar-refractivity contribution < 1.29 is 29.3 Å². The molecule has 30 heavy (non-hydrogen) atoms. The fraction of sp³-hybridized carbons (Fsp3) is 0.917. The monoisotopic (exact) mass is 426 g/mol. The SMILES string of the molecule is CC(C)[C@@H]1CC[C@@H](C)C[C@@H]1OC(=O)[C@@H](O)[C@H](O)C(=O)O[C@H]1C[C@H](C)CC[C@H]1C(C)C. The van der Waals surface area contributed by atoms with Crippen LogP contribution in [0.2, 0.25) is 0 Å². The van der Waals surface area contributed by atoms with E-state index in [1.165, 1.54) is 0 Å². The fourth-order valence-electron chi connectivity index (χ4n) is 5.20. The van der Waals surface area contributed by atoms with Gasteiger partial charge in [0.05, 0.1) is 0 Å². The largest absolute Gasteiger partial charge is 0.460 e. The summed E-state index contributed by atoms with van der Waals surface area (Å²) in [7, 11) is 0. The Balaban J connectivity index is 1.96. The van der Waals surface area contributed by atoms with E-state index >= 15 is 0 Å². The minimum atomic E-state index is -1.93. The predicted molar refractivity (Wildman–Crippen MR) is 114 cm³/mol. The highest BCUT2D eigenvalue weighted by Crippen LogP contribution is 2.37. The van der Waals surface area contributed by atoms with Gasteiger partial charge < -0.3 is 19.7 Å². The van der Waals surface area contributed by atoms with Crippen LogP contribution in [0.4, 0.5) is 0 Å². The van der Waals surface area contributed by atoms with Crippen LogP contribution < -0.4 is 0 Å². The maximum Gasteiger partial charge on any atom is 0.338 e. The number of rotatable bonds is 7. The number of aliphatic hydroxyl groups excluding tert-OH is 2. The summed E-state index contributed by atoms with van der Waals surface area (Å²) < 4.78 is 11.2. The summed E-state index contributed by atoms with van der Waals surface area (Å²) in [5.41, 5.74) is 0. The standard InChI is InChI=1S/C24H42O6/c1-13(2)17-9-7-15(5)11-19(17)29-23(27)21(25)22(26)24(28)30-20-12-16(6)8-10-18(20)14(3)4/h13-22,25-26H,7-12H2,1-6H3/t15-,16-,17+,18+,19+,20+,21+,22+/m1/s1. The molecular formula is C24H42O6. The zero-order valence-corrected chi connectivity index (χ0v) is 19.5. The molecule has 0 saturated heterocycles. The summed E-state index contributed by atoms with van der Waals surface area (Å²) in [6.45, 7) is 12.6. The lowest BCUT2D eigenvalue weighted by molar-refractivity contribution is -0.185. The third-order valence-electron chi connectivity index (χ3n) is 7.24. The van der Waals surface area contributed by atoms with Crippen LogP contribution >= 0.6 is 0 Å². The molecule has 2 aliphatic rings. The molecule has 0 aromatic carbocycles. The van der Waals surface area contributed by atoms with E-state index in [4.69, 9.17) is 9.47 Å². The van der Waals surface area contributed by atoms with Gasteiger partial charge in [-0.3, -0.25) is 0 Å². The van der Waals surface area contributed by atoms with Crippen LogP contribution in [0.15, 0.2) is 0 Å². The van der Waals surface area contributed by atoms with Gasteiger partial charge in [-0.15, -0.1) is 0 Å². The van der Waals surface area contributed by atoms with Gasteiger partial charge in [0, 0.05) is 0 Å². The van der Waals surface area contributed by atoms with Gasteiger partial charge in [0.1, 0.15) is 12.2 Å². The number of hydrogen-bond acceptors (Lipinski definition) is 6. The zero-order valence-electron chi connectivity index (χ0n) is 19.5. The van der Waals surface area contributed by atoms with E-state index < -0.39 is 24.1 Å². The smallest absolute Gasteiger partial charge is 0.338 e. The van der Waals surface area contributed by atoms with Crippen molar-refractivity contribution >= 4 is 11.9 Å². The molecule has 8 atom stereocenters. The van der Waals surface area contributed by atoms with Crippen LogP contribution in [-0.2, 0) is 19.1 Å². The summed E-state index contributed by atoms with van der Waals surface area (Å²) in [6.07, 6.45) is 1.11. The second-order valence-corrected chi connectivity index (χ2v) is 10.5. The minimum Gasteiger partial charge on any atom is -0.460 e. The molecule has 174 valence electrons. The van der Waals surface area contributed by atoms with Gasteiger partial charge in [-0.05, 0) is 61.2 Å². The average Bonchev–Trinajstić information content (AvgIpc) is 2.66. The lowest BCUT2D eigenvalue weighted by Gasteiger charge is -2.38. The van der Waals surface area contributed by atoms with Gasteiger partial charge in [0.25, 0.3) is 0 Å². The Morgan fingerprint density at radius 2 is 1.03 bits per heavy atom. The summed E-state index contributed by atoms with van der Waals surface area (Å²) in [6, 6.07) is 0. The van der Waals surface area contributed by atoms with Crippen molar-refractivity contribution in [3.63, 3.8) is 0 Å². The average molecular weight is 427 g/mol. The highest BCUT2D eigenvalue weighted by Gasteiger charge is 2.40. The van der Waals surface area contributed by atoms with Crippen LogP contribution in [-0.4, -0.2) is 46.6 Å².